The predicted octanol–water partition coefficient (Wildman–Crippen LogP) is 11.7. The second-order valence-electron chi connectivity index (χ2n) is 11.2. The molecular weight excluding hydrogens is 552 g/mol. The Labute approximate surface area is 259 Å². The molecular formula is C41H26N2O2. The van der Waals surface area contributed by atoms with Crippen LogP contribution in [0.2, 0.25) is 0 Å². The molecule has 7 aromatic carbocycles. The SMILES string of the molecule is c1ccc(-c2nc3c(-c4ccc(N(c5ccccc5)c5ccc6c(c5)oc5c7ccccc7ccc65)cc4)cccc3o2)cc1. The molecule has 0 atom stereocenters. The summed E-state index contributed by atoms with van der Waals surface area (Å²) < 4.78 is 12.7. The summed E-state index contributed by atoms with van der Waals surface area (Å²) in [6, 6.07) is 54.4. The lowest BCUT2D eigenvalue weighted by Crippen LogP contribution is -2.09. The van der Waals surface area contributed by atoms with Crippen LogP contribution in [0.25, 0.3) is 66.4 Å². The summed E-state index contributed by atoms with van der Waals surface area (Å²) in [7, 11) is 0. The molecule has 0 unspecified atom stereocenters. The number of rotatable bonds is 5. The van der Waals surface area contributed by atoms with E-state index in [1.54, 1.807) is 0 Å². The highest BCUT2D eigenvalue weighted by Crippen LogP contribution is 2.41. The van der Waals surface area contributed by atoms with E-state index in [0.717, 1.165) is 72.2 Å². The predicted molar refractivity (Wildman–Crippen MR) is 184 cm³/mol. The van der Waals surface area contributed by atoms with Gasteiger partial charge in [0.05, 0.1) is 0 Å². The summed E-state index contributed by atoms with van der Waals surface area (Å²) in [6.45, 7) is 0. The van der Waals surface area contributed by atoms with E-state index in [0.29, 0.717) is 5.89 Å². The van der Waals surface area contributed by atoms with Crippen LogP contribution in [0.15, 0.2) is 167 Å². The van der Waals surface area contributed by atoms with Gasteiger partial charge in [-0.2, -0.15) is 0 Å². The molecule has 9 rings (SSSR count). The Morgan fingerprint density at radius 3 is 2.00 bits per heavy atom. The highest BCUT2D eigenvalue weighted by molar-refractivity contribution is 6.15. The van der Waals surface area contributed by atoms with Gasteiger partial charge >= 0.3 is 0 Å². The Morgan fingerprint density at radius 2 is 1.16 bits per heavy atom. The van der Waals surface area contributed by atoms with Crippen molar-refractivity contribution in [1.29, 1.82) is 0 Å². The van der Waals surface area contributed by atoms with Crippen LogP contribution in [0.3, 0.4) is 0 Å². The Balaban J connectivity index is 1.14. The largest absolute Gasteiger partial charge is 0.455 e. The fraction of sp³-hybridized carbons (Fsp3) is 0. The molecule has 4 heteroatoms. The molecule has 0 aliphatic rings. The number of para-hydroxylation sites is 2. The van der Waals surface area contributed by atoms with Crippen molar-refractivity contribution in [3.05, 3.63) is 158 Å². The molecule has 212 valence electrons. The number of oxazole rings is 1. The molecule has 0 aliphatic heterocycles. The molecule has 45 heavy (non-hydrogen) atoms. The number of furan rings is 1. The quantitative estimate of drug-likeness (QED) is 0.204. The van der Waals surface area contributed by atoms with Crippen molar-refractivity contribution >= 4 is 60.9 Å². The average Bonchev–Trinajstić information content (AvgIpc) is 3.72. The summed E-state index contributed by atoms with van der Waals surface area (Å²) in [5.74, 6) is 0.624. The fourth-order valence-electron chi connectivity index (χ4n) is 6.33. The second kappa shape index (κ2) is 10.2. The third-order valence-corrected chi connectivity index (χ3v) is 8.50. The van der Waals surface area contributed by atoms with Crippen molar-refractivity contribution in [1.82, 2.24) is 4.98 Å². The number of anilines is 3. The van der Waals surface area contributed by atoms with Crippen molar-refractivity contribution < 1.29 is 8.83 Å². The molecule has 0 saturated carbocycles. The van der Waals surface area contributed by atoms with Gasteiger partial charge in [-0.15, -0.1) is 0 Å². The third-order valence-electron chi connectivity index (χ3n) is 8.50. The number of fused-ring (bicyclic) bond motifs is 6. The summed E-state index contributed by atoms with van der Waals surface area (Å²) in [5.41, 5.74) is 9.62. The van der Waals surface area contributed by atoms with Crippen LogP contribution in [0, 0.1) is 0 Å². The van der Waals surface area contributed by atoms with Crippen molar-refractivity contribution in [3.63, 3.8) is 0 Å². The van der Waals surface area contributed by atoms with Gasteiger partial charge in [0.1, 0.15) is 16.7 Å². The van der Waals surface area contributed by atoms with Gasteiger partial charge in [-0.1, -0.05) is 91.0 Å². The molecule has 0 fully saturated rings. The van der Waals surface area contributed by atoms with E-state index in [-0.39, 0.29) is 0 Å². The monoisotopic (exact) mass is 578 g/mol. The minimum Gasteiger partial charge on any atom is -0.455 e. The molecule has 4 nitrogen and oxygen atoms in total. The van der Waals surface area contributed by atoms with Gasteiger partial charge in [0.15, 0.2) is 5.58 Å². The van der Waals surface area contributed by atoms with Crippen molar-refractivity contribution in [2.45, 2.75) is 0 Å². The highest BCUT2D eigenvalue weighted by atomic mass is 16.3. The van der Waals surface area contributed by atoms with Crippen LogP contribution in [0.4, 0.5) is 17.1 Å². The normalized spacial score (nSPS) is 11.6. The van der Waals surface area contributed by atoms with Crippen LogP contribution in [-0.4, -0.2) is 4.98 Å². The number of hydrogen-bond donors (Lipinski definition) is 0. The molecule has 2 aromatic heterocycles. The summed E-state index contributed by atoms with van der Waals surface area (Å²) >= 11 is 0. The van der Waals surface area contributed by atoms with E-state index < -0.39 is 0 Å². The first kappa shape index (κ1) is 25.4. The Morgan fingerprint density at radius 1 is 0.444 bits per heavy atom. The molecule has 9 aromatic rings. The number of benzene rings is 7. The maximum absolute atomic E-state index is 6.54. The van der Waals surface area contributed by atoms with Crippen molar-refractivity contribution in [2.75, 3.05) is 4.90 Å². The first-order chi connectivity index (χ1) is 22.3. The molecule has 0 N–H and O–H groups in total. The molecule has 0 amide bonds. The smallest absolute Gasteiger partial charge is 0.227 e. The average molecular weight is 579 g/mol. The van der Waals surface area contributed by atoms with Crippen molar-refractivity contribution in [2.24, 2.45) is 0 Å². The van der Waals surface area contributed by atoms with E-state index in [4.69, 9.17) is 13.8 Å². The Kier molecular flexibility index (Phi) is 5.78. The first-order valence-corrected chi connectivity index (χ1v) is 15.0. The molecule has 0 saturated heterocycles. The highest BCUT2D eigenvalue weighted by Gasteiger charge is 2.17. The summed E-state index contributed by atoms with van der Waals surface area (Å²) in [4.78, 5) is 7.15. The van der Waals surface area contributed by atoms with E-state index in [9.17, 15) is 0 Å². The van der Waals surface area contributed by atoms with Crippen LogP contribution >= 0.6 is 0 Å². The number of hydrogen-bond acceptors (Lipinski definition) is 4. The van der Waals surface area contributed by atoms with Gasteiger partial charge in [0.2, 0.25) is 5.89 Å². The van der Waals surface area contributed by atoms with E-state index in [1.807, 2.05) is 48.5 Å². The molecule has 0 bridgehead atoms. The van der Waals surface area contributed by atoms with Gasteiger partial charge in [-0.3, -0.25) is 0 Å². The van der Waals surface area contributed by atoms with Crippen LogP contribution in [-0.2, 0) is 0 Å². The third kappa shape index (κ3) is 4.27. The van der Waals surface area contributed by atoms with Crippen LogP contribution in [0.5, 0.6) is 0 Å². The number of nitrogens with zero attached hydrogens (tertiary/aromatic N) is 2. The first-order valence-electron chi connectivity index (χ1n) is 15.0. The Hall–Kier alpha value is -6.13. The van der Waals surface area contributed by atoms with Gasteiger partial charge in [-0.05, 0) is 71.6 Å². The van der Waals surface area contributed by atoms with E-state index >= 15 is 0 Å². The fourth-order valence-corrected chi connectivity index (χ4v) is 6.33. The minimum atomic E-state index is 0.624. The Bertz CT molecular complexity index is 2480. The summed E-state index contributed by atoms with van der Waals surface area (Å²) in [6.07, 6.45) is 0. The lowest BCUT2D eigenvalue weighted by Gasteiger charge is -2.25. The molecule has 0 spiro atoms. The molecule has 0 aliphatic carbocycles. The van der Waals surface area contributed by atoms with Gasteiger partial charge < -0.3 is 13.7 Å². The van der Waals surface area contributed by atoms with Crippen molar-refractivity contribution in [3.8, 4) is 22.6 Å². The maximum Gasteiger partial charge on any atom is 0.227 e. The van der Waals surface area contributed by atoms with Gasteiger partial charge in [0, 0.05) is 50.4 Å². The van der Waals surface area contributed by atoms with E-state index in [1.165, 1.54) is 5.39 Å². The van der Waals surface area contributed by atoms with Gasteiger partial charge in [-0.25, -0.2) is 4.98 Å². The zero-order chi connectivity index (χ0) is 29.7. The lowest BCUT2D eigenvalue weighted by molar-refractivity contribution is 0.620. The zero-order valence-electron chi connectivity index (χ0n) is 24.2. The zero-order valence-corrected chi connectivity index (χ0v) is 24.2. The maximum atomic E-state index is 6.54. The second-order valence-corrected chi connectivity index (χ2v) is 11.2. The van der Waals surface area contributed by atoms with Gasteiger partial charge in [0.25, 0.3) is 0 Å². The standard InChI is InChI=1S/C41H26N2O2/c1-3-11-29(12-4-1)41-42-39-33(16-9-17-37(39)45-41)28-18-21-31(22-19-28)43(30-13-5-2-6-14-30)32-23-25-35-36-24-20-27-10-7-8-15-34(27)40(36)44-38(35)26-32/h1-26H. The van der Waals surface area contributed by atoms with Crippen LogP contribution in [0.1, 0.15) is 0 Å². The lowest BCUT2D eigenvalue weighted by atomic mass is 10.0. The summed E-state index contributed by atoms with van der Waals surface area (Å²) in [5, 5.41) is 4.54. The minimum absolute atomic E-state index is 0.624. The topological polar surface area (TPSA) is 42.4 Å². The molecule has 0 radical (unpaired) electrons. The van der Waals surface area contributed by atoms with E-state index in [2.05, 4.69) is 114 Å². The molecule has 2 heterocycles. The van der Waals surface area contributed by atoms with Crippen LogP contribution < -0.4 is 4.90 Å². The number of aromatic nitrogens is 1.